The van der Waals surface area contributed by atoms with Gasteiger partial charge in [-0.3, -0.25) is 4.79 Å². The first kappa shape index (κ1) is 14.0. The topological polar surface area (TPSA) is 47.6 Å². The molecule has 0 aliphatic carbocycles. The van der Waals surface area contributed by atoms with Crippen molar-refractivity contribution in [3.8, 4) is 0 Å². The number of amides is 1. The summed E-state index contributed by atoms with van der Waals surface area (Å²) in [7, 11) is 2.11. The van der Waals surface area contributed by atoms with E-state index < -0.39 is 0 Å². The first-order valence-corrected chi connectivity index (χ1v) is 6.67. The predicted octanol–water partition coefficient (Wildman–Crippen LogP) is 0.686. The number of hydrazine groups is 1. The lowest BCUT2D eigenvalue weighted by Crippen LogP contribution is -2.52. The molecule has 104 valence electrons. The molecule has 1 fully saturated rings. The van der Waals surface area contributed by atoms with Crippen LogP contribution in [-0.2, 0) is 4.79 Å². The first-order valence-electron chi connectivity index (χ1n) is 6.67. The van der Waals surface area contributed by atoms with E-state index in [0.717, 1.165) is 37.4 Å². The zero-order valence-electron chi connectivity index (χ0n) is 11.6. The molecule has 2 N–H and O–H groups in total. The van der Waals surface area contributed by atoms with Crippen LogP contribution in [0.1, 0.15) is 5.56 Å². The largest absolute Gasteiger partial charge is 0.325 e. The standard InChI is InChI=1S/C14H22N4O/c1-12-5-3-4-6-13(12)16-14(19)11-15-18-9-7-17(2)8-10-18/h3-6,15H,7-11H2,1-2H3,(H,16,19). The van der Waals surface area contributed by atoms with E-state index in [4.69, 9.17) is 0 Å². The number of hydrogen-bond acceptors (Lipinski definition) is 4. The Balaban J connectivity index is 1.74. The van der Waals surface area contributed by atoms with Crippen LogP contribution in [-0.4, -0.2) is 55.6 Å². The lowest BCUT2D eigenvalue weighted by molar-refractivity contribution is -0.116. The molecule has 2 rings (SSSR count). The van der Waals surface area contributed by atoms with E-state index in [2.05, 4.69) is 27.7 Å². The summed E-state index contributed by atoms with van der Waals surface area (Å²) in [5, 5.41) is 5.03. The number of anilines is 1. The molecule has 0 saturated carbocycles. The summed E-state index contributed by atoms with van der Waals surface area (Å²) in [5.74, 6) is -0.00627. The van der Waals surface area contributed by atoms with Gasteiger partial charge in [0.25, 0.3) is 0 Å². The van der Waals surface area contributed by atoms with Crippen molar-refractivity contribution in [3.63, 3.8) is 0 Å². The fourth-order valence-corrected chi connectivity index (χ4v) is 2.06. The highest BCUT2D eigenvalue weighted by atomic mass is 16.2. The molecule has 19 heavy (non-hydrogen) atoms. The lowest BCUT2D eigenvalue weighted by atomic mass is 10.2. The highest BCUT2D eigenvalue weighted by Crippen LogP contribution is 2.12. The monoisotopic (exact) mass is 262 g/mol. The summed E-state index contributed by atoms with van der Waals surface area (Å²) in [6.07, 6.45) is 0. The van der Waals surface area contributed by atoms with Crippen LogP contribution in [0.3, 0.4) is 0 Å². The van der Waals surface area contributed by atoms with Gasteiger partial charge in [-0.05, 0) is 25.6 Å². The Bertz CT molecular complexity index is 427. The van der Waals surface area contributed by atoms with Gasteiger partial charge in [-0.15, -0.1) is 0 Å². The van der Waals surface area contributed by atoms with Gasteiger partial charge >= 0.3 is 0 Å². The number of carbonyl (C=O) groups excluding carboxylic acids is 1. The normalized spacial score (nSPS) is 17.4. The van der Waals surface area contributed by atoms with Gasteiger partial charge in [0.05, 0.1) is 6.54 Å². The predicted molar refractivity (Wildman–Crippen MR) is 76.9 cm³/mol. The number of hydrogen-bond donors (Lipinski definition) is 2. The molecule has 5 nitrogen and oxygen atoms in total. The van der Waals surface area contributed by atoms with Gasteiger partial charge in [0.1, 0.15) is 0 Å². The summed E-state index contributed by atoms with van der Waals surface area (Å²) in [4.78, 5) is 14.1. The minimum Gasteiger partial charge on any atom is -0.325 e. The maximum atomic E-state index is 11.9. The van der Waals surface area contributed by atoms with Crippen molar-refractivity contribution < 1.29 is 4.79 Å². The van der Waals surface area contributed by atoms with Crippen LogP contribution >= 0.6 is 0 Å². The summed E-state index contributed by atoms with van der Waals surface area (Å²) < 4.78 is 0. The number of para-hydroxylation sites is 1. The SMILES string of the molecule is Cc1ccccc1NC(=O)CNN1CCN(C)CC1. The van der Waals surface area contributed by atoms with Crippen molar-refractivity contribution in [1.29, 1.82) is 0 Å². The highest BCUT2D eigenvalue weighted by molar-refractivity contribution is 5.92. The average Bonchev–Trinajstić information content (AvgIpc) is 2.41. The molecule has 1 amide bonds. The van der Waals surface area contributed by atoms with Crippen LogP contribution in [0.5, 0.6) is 0 Å². The molecule has 1 aromatic carbocycles. The molecule has 1 aromatic rings. The molecular weight excluding hydrogens is 240 g/mol. The Morgan fingerprint density at radius 2 is 1.89 bits per heavy atom. The van der Waals surface area contributed by atoms with Crippen molar-refractivity contribution in [2.24, 2.45) is 0 Å². The Hall–Kier alpha value is -1.43. The fourth-order valence-electron chi connectivity index (χ4n) is 2.06. The van der Waals surface area contributed by atoms with Crippen LogP contribution in [0.15, 0.2) is 24.3 Å². The summed E-state index contributed by atoms with van der Waals surface area (Å²) >= 11 is 0. The molecule has 0 radical (unpaired) electrons. The Kier molecular flexibility index (Phi) is 4.90. The number of likely N-dealkylation sites (N-methyl/N-ethyl adjacent to an activating group) is 1. The molecule has 0 bridgehead atoms. The lowest BCUT2D eigenvalue weighted by Gasteiger charge is -2.32. The van der Waals surface area contributed by atoms with E-state index in [1.165, 1.54) is 0 Å². The molecule has 0 aromatic heterocycles. The van der Waals surface area contributed by atoms with Crippen molar-refractivity contribution in [1.82, 2.24) is 15.3 Å². The highest BCUT2D eigenvalue weighted by Gasteiger charge is 2.14. The molecule has 5 heteroatoms. The van der Waals surface area contributed by atoms with Gasteiger partial charge in [-0.25, -0.2) is 10.4 Å². The van der Waals surface area contributed by atoms with Gasteiger partial charge in [0.2, 0.25) is 5.91 Å². The fraction of sp³-hybridized carbons (Fsp3) is 0.500. The van der Waals surface area contributed by atoms with Crippen LogP contribution in [0.2, 0.25) is 0 Å². The molecule has 1 aliphatic heterocycles. The summed E-state index contributed by atoms with van der Waals surface area (Å²) in [6, 6.07) is 7.80. The van der Waals surface area contributed by atoms with Crippen molar-refractivity contribution in [2.45, 2.75) is 6.92 Å². The molecule has 0 atom stereocenters. The average molecular weight is 262 g/mol. The van der Waals surface area contributed by atoms with Gasteiger partial charge < -0.3 is 10.2 Å². The smallest absolute Gasteiger partial charge is 0.239 e. The van der Waals surface area contributed by atoms with Crippen molar-refractivity contribution in [2.75, 3.05) is 45.1 Å². The maximum Gasteiger partial charge on any atom is 0.239 e. The van der Waals surface area contributed by atoms with E-state index in [1.807, 2.05) is 31.2 Å². The Morgan fingerprint density at radius 3 is 2.58 bits per heavy atom. The second-order valence-corrected chi connectivity index (χ2v) is 4.99. The van der Waals surface area contributed by atoms with Gasteiger partial charge in [-0.2, -0.15) is 0 Å². The molecule has 0 spiro atoms. The third-order valence-corrected chi connectivity index (χ3v) is 3.39. The Labute approximate surface area is 114 Å². The number of nitrogens with zero attached hydrogens (tertiary/aromatic N) is 2. The second kappa shape index (κ2) is 6.65. The minimum absolute atomic E-state index is 0.00627. The van der Waals surface area contributed by atoms with E-state index in [-0.39, 0.29) is 5.91 Å². The summed E-state index contributed by atoms with van der Waals surface area (Å²) in [5.41, 5.74) is 5.14. The number of benzene rings is 1. The van der Waals surface area contributed by atoms with Crippen LogP contribution < -0.4 is 10.7 Å². The van der Waals surface area contributed by atoms with Crippen LogP contribution in [0, 0.1) is 6.92 Å². The number of carbonyl (C=O) groups is 1. The minimum atomic E-state index is -0.00627. The van der Waals surface area contributed by atoms with E-state index in [0.29, 0.717) is 6.54 Å². The quantitative estimate of drug-likeness (QED) is 0.838. The number of rotatable bonds is 4. The third kappa shape index (κ3) is 4.31. The van der Waals surface area contributed by atoms with Crippen LogP contribution in [0.4, 0.5) is 5.69 Å². The zero-order valence-corrected chi connectivity index (χ0v) is 11.6. The maximum absolute atomic E-state index is 11.9. The van der Waals surface area contributed by atoms with Gasteiger partial charge in [0, 0.05) is 31.9 Å². The van der Waals surface area contributed by atoms with E-state index in [9.17, 15) is 4.79 Å². The van der Waals surface area contributed by atoms with Gasteiger partial charge in [0.15, 0.2) is 0 Å². The van der Waals surface area contributed by atoms with Crippen molar-refractivity contribution >= 4 is 11.6 Å². The first-order chi connectivity index (χ1) is 9.15. The third-order valence-electron chi connectivity index (χ3n) is 3.39. The van der Waals surface area contributed by atoms with Crippen LogP contribution in [0.25, 0.3) is 0 Å². The molecule has 0 unspecified atom stereocenters. The molecule has 1 aliphatic rings. The number of nitrogens with one attached hydrogen (secondary N) is 2. The zero-order chi connectivity index (χ0) is 13.7. The second-order valence-electron chi connectivity index (χ2n) is 4.99. The van der Waals surface area contributed by atoms with Crippen molar-refractivity contribution in [3.05, 3.63) is 29.8 Å². The molecule has 1 saturated heterocycles. The van der Waals surface area contributed by atoms with E-state index >= 15 is 0 Å². The Morgan fingerprint density at radius 1 is 1.21 bits per heavy atom. The van der Waals surface area contributed by atoms with Gasteiger partial charge in [-0.1, -0.05) is 18.2 Å². The molecule has 1 heterocycles. The van der Waals surface area contributed by atoms with E-state index in [1.54, 1.807) is 0 Å². The molecular formula is C14H22N4O. The number of aryl methyl sites for hydroxylation is 1. The summed E-state index contributed by atoms with van der Waals surface area (Å²) in [6.45, 7) is 6.28. The number of piperazine rings is 1.